The predicted octanol–water partition coefficient (Wildman–Crippen LogP) is 4.74. The van der Waals surface area contributed by atoms with Crippen LogP contribution in [-0.2, 0) is 9.53 Å². The minimum absolute atomic E-state index is 0.301. The normalized spacial score (nSPS) is 15.8. The molecule has 3 aromatic rings. The third kappa shape index (κ3) is 3.26. The van der Waals surface area contributed by atoms with Crippen molar-refractivity contribution in [2.24, 2.45) is 4.99 Å². The van der Waals surface area contributed by atoms with Crippen LogP contribution in [0.5, 0.6) is 0 Å². The first-order valence-electron chi connectivity index (χ1n) is 8.03. The van der Waals surface area contributed by atoms with Gasteiger partial charge in [-0.25, -0.2) is 9.79 Å². The predicted molar refractivity (Wildman–Crippen MR) is 100 cm³/mol. The first-order chi connectivity index (χ1) is 12.3. The van der Waals surface area contributed by atoms with Crippen LogP contribution in [0.25, 0.3) is 16.8 Å². The van der Waals surface area contributed by atoms with E-state index in [0.717, 1.165) is 21.9 Å². The Morgan fingerprint density at radius 2 is 1.60 bits per heavy atom. The van der Waals surface area contributed by atoms with Crippen molar-refractivity contribution in [1.82, 2.24) is 0 Å². The lowest BCUT2D eigenvalue weighted by atomic mass is 10.1. The molecular formula is C22H15NO2. The van der Waals surface area contributed by atoms with Crippen LogP contribution in [0.3, 0.4) is 0 Å². The molecule has 0 aliphatic carbocycles. The smallest absolute Gasteiger partial charge is 0.363 e. The van der Waals surface area contributed by atoms with Gasteiger partial charge in [-0.1, -0.05) is 72.8 Å². The molecule has 0 fully saturated rings. The minimum Gasteiger partial charge on any atom is -0.402 e. The summed E-state index contributed by atoms with van der Waals surface area (Å²) >= 11 is 0. The van der Waals surface area contributed by atoms with Crippen LogP contribution in [0.4, 0.5) is 0 Å². The maximum atomic E-state index is 12.0. The standard InChI is InChI=1S/C22H15NO2/c24-22-20(12-6-9-16-7-2-1-3-8-16)23-21(25-22)19-14-13-17-10-4-5-11-18(17)15-19/h1-15H. The molecule has 4 rings (SSSR count). The molecule has 3 aromatic carbocycles. The van der Waals surface area contributed by atoms with Crippen molar-refractivity contribution in [2.75, 3.05) is 0 Å². The van der Waals surface area contributed by atoms with Gasteiger partial charge < -0.3 is 4.74 Å². The summed E-state index contributed by atoms with van der Waals surface area (Å²) in [6, 6.07) is 23.8. The number of hydrogen-bond donors (Lipinski definition) is 0. The van der Waals surface area contributed by atoms with E-state index in [1.807, 2.05) is 78.9 Å². The SMILES string of the molecule is O=C1OC(c2ccc3ccccc3c2)=NC1=CC=Cc1ccccc1. The molecule has 3 nitrogen and oxygen atoms in total. The number of ether oxygens (including phenoxy) is 1. The van der Waals surface area contributed by atoms with Gasteiger partial charge in [-0.15, -0.1) is 0 Å². The van der Waals surface area contributed by atoms with Crippen LogP contribution >= 0.6 is 0 Å². The van der Waals surface area contributed by atoms with Gasteiger partial charge in [-0.3, -0.25) is 0 Å². The molecule has 0 atom stereocenters. The van der Waals surface area contributed by atoms with Crippen LogP contribution in [0.1, 0.15) is 11.1 Å². The topological polar surface area (TPSA) is 38.7 Å². The zero-order chi connectivity index (χ0) is 17.1. The van der Waals surface area contributed by atoms with Crippen LogP contribution in [-0.4, -0.2) is 11.9 Å². The minimum atomic E-state index is -0.430. The summed E-state index contributed by atoms with van der Waals surface area (Å²) in [5, 5.41) is 2.22. The number of nitrogens with zero attached hydrogens (tertiary/aromatic N) is 1. The summed E-state index contributed by atoms with van der Waals surface area (Å²) in [7, 11) is 0. The van der Waals surface area contributed by atoms with Crippen molar-refractivity contribution < 1.29 is 9.53 Å². The zero-order valence-electron chi connectivity index (χ0n) is 13.4. The van der Waals surface area contributed by atoms with Gasteiger partial charge >= 0.3 is 5.97 Å². The third-order valence-electron chi connectivity index (χ3n) is 3.96. The van der Waals surface area contributed by atoms with Gasteiger partial charge in [0, 0.05) is 5.56 Å². The lowest BCUT2D eigenvalue weighted by molar-refractivity contribution is -0.130. The van der Waals surface area contributed by atoms with Crippen molar-refractivity contribution in [3.8, 4) is 0 Å². The highest BCUT2D eigenvalue weighted by atomic mass is 16.6. The summed E-state index contributed by atoms with van der Waals surface area (Å²) in [5.41, 5.74) is 2.15. The number of fused-ring (bicyclic) bond motifs is 1. The number of carbonyl (C=O) groups excluding carboxylic acids is 1. The lowest BCUT2D eigenvalue weighted by Gasteiger charge is -2.02. The molecule has 1 aliphatic heterocycles. The number of cyclic esters (lactones) is 1. The van der Waals surface area contributed by atoms with E-state index in [1.54, 1.807) is 12.2 Å². The van der Waals surface area contributed by atoms with Crippen LogP contribution in [0, 0.1) is 0 Å². The third-order valence-corrected chi connectivity index (χ3v) is 3.96. The van der Waals surface area contributed by atoms with Gasteiger partial charge in [0.25, 0.3) is 0 Å². The lowest BCUT2D eigenvalue weighted by Crippen LogP contribution is -2.05. The summed E-state index contributed by atoms with van der Waals surface area (Å²) in [5.74, 6) is -0.0871. The Morgan fingerprint density at radius 3 is 2.44 bits per heavy atom. The highest BCUT2D eigenvalue weighted by Crippen LogP contribution is 2.21. The molecular weight excluding hydrogens is 310 g/mol. The summed E-state index contributed by atoms with van der Waals surface area (Å²) in [6.07, 6.45) is 5.39. The molecule has 0 N–H and O–H groups in total. The van der Waals surface area contributed by atoms with Crippen LogP contribution in [0.15, 0.2) is 95.6 Å². The summed E-state index contributed by atoms with van der Waals surface area (Å²) < 4.78 is 5.32. The Hall–Kier alpha value is -3.46. The van der Waals surface area contributed by atoms with Crippen LogP contribution in [0.2, 0.25) is 0 Å². The average Bonchev–Trinajstić information content (AvgIpc) is 3.03. The Balaban J connectivity index is 1.60. The molecule has 120 valence electrons. The van der Waals surface area contributed by atoms with E-state index >= 15 is 0 Å². The number of benzene rings is 3. The number of allylic oxidation sites excluding steroid dienone is 2. The van der Waals surface area contributed by atoms with E-state index in [1.165, 1.54) is 0 Å². The number of rotatable bonds is 3. The van der Waals surface area contributed by atoms with Crippen molar-refractivity contribution in [2.45, 2.75) is 0 Å². The maximum absolute atomic E-state index is 12.0. The Kier molecular flexibility index (Phi) is 3.97. The monoisotopic (exact) mass is 325 g/mol. The van der Waals surface area contributed by atoms with E-state index < -0.39 is 5.97 Å². The maximum Gasteiger partial charge on any atom is 0.363 e. The zero-order valence-corrected chi connectivity index (χ0v) is 13.4. The number of hydrogen-bond acceptors (Lipinski definition) is 3. The first-order valence-corrected chi connectivity index (χ1v) is 8.03. The molecule has 0 saturated heterocycles. The molecule has 3 heteroatoms. The van der Waals surface area contributed by atoms with Gasteiger partial charge in [-0.2, -0.15) is 0 Å². The highest BCUT2D eigenvalue weighted by Gasteiger charge is 2.23. The molecule has 0 radical (unpaired) electrons. The van der Waals surface area contributed by atoms with Gasteiger partial charge in [0.1, 0.15) is 0 Å². The van der Waals surface area contributed by atoms with E-state index in [0.29, 0.717) is 11.6 Å². The van der Waals surface area contributed by atoms with Crippen molar-refractivity contribution >= 4 is 28.7 Å². The van der Waals surface area contributed by atoms with E-state index in [9.17, 15) is 4.79 Å². The fourth-order valence-corrected chi connectivity index (χ4v) is 2.68. The number of aliphatic imine (C=N–C) groups is 1. The van der Waals surface area contributed by atoms with Crippen molar-refractivity contribution in [3.63, 3.8) is 0 Å². The van der Waals surface area contributed by atoms with Gasteiger partial charge in [0.05, 0.1) is 0 Å². The quantitative estimate of drug-likeness (QED) is 0.515. The van der Waals surface area contributed by atoms with Crippen molar-refractivity contribution in [3.05, 3.63) is 102 Å². The molecule has 0 amide bonds. The van der Waals surface area contributed by atoms with Gasteiger partial charge in [0.2, 0.25) is 5.90 Å². The Bertz CT molecular complexity index is 1030. The number of carbonyl (C=O) groups is 1. The molecule has 0 unspecified atom stereocenters. The number of esters is 1. The highest BCUT2D eigenvalue weighted by molar-refractivity contribution is 6.12. The largest absolute Gasteiger partial charge is 0.402 e. The Labute approximate surface area is 145 Å². The second-order valence-corrected chi connectivity index (χ2v) is 5.69. The molecule has 25 heavy (non-hydrogen) atoms. The van der Waals surface area contributed by atoms with Crippen LogP contribution < -0.4 is 0 Å². The fourth-order valence-electron chi connectivity index (χ4n) is 2.68. The molecule has 0 spiro atoms. The molecule has 0 aromatic heterocycles. The van der Waals surface area contributed by atoms with Gasteiger partial charge in [0.15, 0.2) is 5.70 Å². The second kappa shape index (κ2) is 6.57. The first kappa shape index (κ1) is 15.1. The summed E-state index contributed by atoms with van der Waals surface area (Å²) in [6.45, 7) is 0. The molecule has 1 heterocycles. The molecule has 0 bridgehead atoms. The van der Waals surface area contributed by atoms with E-state index in [4.69, 9.17) is 4.74 Å². The fraction of sp³-hybridized carbons (Fsp3) is 0. The molecule has 0 saturated carbocycles. The van der Waals surface area contributed by atoms with Gasteiger partial charge in [-0.05, 0) is 34.5 Å². The van der Waals surface area contributed by atoms with E-state index in [-0.39, 0.29) is 0 Å². The van der Waals surface area contributed by atoms with Crippen molar-refractivity contribution in [1.29, 1.82) is 0 Å². The van der Waals surface area contributed by atoms with E-state index in [2.05, 4.69) is 4.99 Å². The average molecular weight is 325 g/mol. The Morgan fingerprint density at radius 1 is 0.840 bits per heavy atom. The summed E-state index contributed by atoms with van der Waals surface area (Å²) in [4.78, 5) is 16.4. The molecule has 1 aliphatic rings. The second-order valence-electron chi connectivity index (χ2n) is 5.69.